The van der Waals surface area contributed by atoms with Crippen LogP contribution in [0.3, 0.4) is 0 Å². The van der Waals surface area contributed by atoms with Gasteiger partial charge < -0.3 is 4.90 Å². The van der Waals surface area contributed by atoms with Crippen LogP contribution < -0.4 is 9.80 Å². The minimum absolute atomic E-state index is 0.0800. The lowest BCUT2D eigenvalue weighted by atomic mass is 10.1. The van der Waals surface area contributed by atoms with Crippen LogP contribution >= 0.6 is 11.8 Å². The molecule has 5 nitrogen and oxygen atoms in total. The van der Waals surface area contributed by atoms with Crippen LogP contribution in [0, 0.1) is 5.82 Å². The predicted molar refractivity (Wildman–Crippen MR) is 133 cm³/mol. The van der Waals surface area contributed by atoms with Gasteiger partial charge in [-0.15, -0.1) is 11.8 Å². The summed E-state index contributed by atoms with van der Waals surface area (Å²) in [5.41, 5.74) is 3.69. The molecular formula is C26H25FN4OS. The highest BCUT2D eigenvalue weighted by Gasteiger charge is 2.35. The van der Waals surface area contributed by atoms with Gasteiger partial charge in [-0.05, 0) is 36.6 Å². The molecule has 1 amide bonds. The molecule has 5 rings (SSSR count). The van der Waals surface area contributed by atoms with E-state index in [2.05, 4.69) is 9.80 Å². The molecule has 0 atom stereocenters. The van der Waals surface area contributed by atoms with Gasteiger partial charge in [0, 0.05) is 36.6 Å². The van der Waals surface area contributed by atoms with Crippen LogP contribution in [-0.4, -0.2) is 55.6 Å². The third-order valence-electron chi connectivity index (χ3n) is 6.12. The lowest BCUT2D eigenvalue weighted by molar-refractivity contribution is -0.112. The number of hydrogen-bond donors (Lipinski definition) is 0. The van der Waals surface area contributed by atoms with Gasteiger partial charge in [-0.3, -0.25) is 14.6 Å². The molecule has 0 aromatic heterocycles. The summed E-state index contributed by atoms with van der Waals surface area (Å²) < 4.78 is 14.2. The van der Waals surface area contributed by atoms with Gasteiger partial charge >= 0.3 is 0 Å². The molecule has 168 valence electrons. The van der Waals surface area contributed by atoms with Gasteiger partial charge in [0.1, 0.15) is 11.5 Å². The van der Waals surface area contributed by atoms with Gasteiger partial charge in [0.15, 0.2) is 0 Å². The molecule has 33 heavy (non-hydrogen) atoms. The SMILES string of the molecule is CSc1ccccc1N=C1C(=O)N(CN2CCN(c3ccccc3F)CC2)c2ccccc21. The molecule has 2 heterocycles. The highest BCUT2D eigenvalue weighted by Crippen LogP contribution is 2.34. The zero-order chi connectivity index (χ0) is 22.8. The number of para-hydroxylation sites is 3. The second-order valence-electron chi connectivity index (χ2n) is 8.08. The number of thioether (sulfide) groups is 1. The molecule has 3 aromatic rings. The number of aliphatic imine (C=N–C) groups is 1. The zero-order valence-electron chi connectivity index (χ0n) is 18.4. The zero-order valence-corrected chi connectivity index (χ0v) is 19.3. The molecule has 0 aliphatic carbocycles. The molecule has 2 aliphatic rings. The maximum atomic E-state index is 14.2. The minimum atomic E-state index is -0.194. The number of carbonyl (C=O) groups is 1. The van der Waals surface area contributed by atoms with Gasteiger partial charge in [-0.25, -0.2) is 9.38 Å². The van der Waals surface area contributed by atoms with Gasteiger partial charge in [0.05, 0.1) is 23.7 Å². The maximum Gasteiger partial charge on any atom is 0.278 e. The van der Waals surface area contributed by atoms with E-state index in [1.54, 1.807) is 17.8 Å². The standard InChI is InChI=1S/C26H25FN4OS/c1-33-24-13-7-4-10-21(24)28-25-19-8-2-5-11-22(19)31(26(25)32)18-29-14-16-30(17-15-29)23-12-6-3-9-20(23)27/h2-13H,14-18H2,1H3. The Morgan fingerprint density at radius 3 is 2.30 bits per heavy atom. The number of anilines is 2. The molecule has 0 spiro atoms. The predicted octanol–water partition coefficient (Wildman–Crippen LogP) is 4.79. The Kier molecular flexibility index (Phi) is 6.15. The van der Waals surface area contributed by atoms with E-state index in [0.29, 0.717) is 31.2 Å². The fraction of sp³-hybridized carbons (Fsp3) is 0.231. The van der Waals surface area contributed by atoms with Crippen molar-refractivity contribution in [1.82, 2.24) is 4.90 Å². The lowest BCUT2D eigenvalue weighted by Gasteiger charge is -2.37. The summed E-state index contributed by atoms with van der Waals surface area (Å²) in [7, 11) is 0. The smallest absolute Gasteiger partial charge is 0.278 e. The van der Waals surface area contributed by atoms with Crippen LogP contribution in [0.4, 0.5) is 21.5 Å². The Labute approximate surface area is 197 Å². The van der Waals surface area contributed by atoms with E-state index in [1.165, 1.54) is 6.07 Å². The molecular weight excluding hydrogens is 435 g/mol. The van der Waals surface area contributed by atoms with Gasteiger partial charge in [-0.2, -0.15) is 0 Å². The summed E-state index contributed by atoms with van der Waals surface area (Å²) in [6.45, 7) is 3.42. The summed E-state index contributed by atoms with van der Waals surface area (Å²) in [6.07, 6.45) is 2.01. The summed E-state index contributed by atoms with van der Waals surface area (Å²) >= 11 is 1.62. The first-order chi connectivity index (χ1) is 16.2. The maximum absolute atomic E-state index is 14.2. The molecule has 3 aromatic carbocycles. The first kappa shape index (κ1) is 21.7. The monoisotopic (exact) mass is 460 g/mol. The van der Waals surface area contributed by atoms with Crippen LogP contribution in [0.5, 0.6) is 0 Å². The third kappa shape index (κ3) is 4.26. The fourth-order valence-corrected chi connectivity index (χ4v) is 4.93. The Morgan fingerprint density at radius 1 is 0.879 bits per heavy atom. The van der Waals surface area contributed by atoms with Crippen molar-refractivity contribution in [2.24, 2.45) is 4.99 Å². The third-order valence-corrected chi connectivity index (χ3v) is 6.91. The molecule has 0 N–H and O–H groups in total. The highest BCUT2D eigenvalue weighted by molar-refractivity contribution is 7.98. The van der Waals surface area contributed by atoms with Crippen LogP contribution in [0.2, 0.25) is 0 Å². The van der Waals surface area contributed by atoms with E-state index in [-0.39, 0.29) is 11.7 Å². The van der Waals surface area contributed by atoms with Crippen molar-refractivity contribution in [2.45, 2.75) is 4.90 Å². The van der Waals surface area contributed by atoms with Crippen molar-refractivity contribution in [1.29, 1.82) is 0 Å². The van der Waals surface area contributed by atoms with Crippen molar-refractivity contribution < 1.29 is 9.18 Å². The average molecular weight is 461 g/mol. The number of amides is 1. The Hall–Kier alpha value is -3.16. The average Bonchev–Trinajstić information content (AvgIpc) is 3.11. The topological polar surface area (TPSA) is 39.2 Å². The number of fused-ring (bicyclic) bond motifs is 1. The van der Waals surface area contributed by atoms with E-state index in [1.807, 2.05) is 71.8 Å². The number of piperazine rings is 1. The molecule has 1 saturated heterocycles. The fourth-order valence-electron chi connectivity index (χ4n) is 4.39. The summed E-state index contributed by atoms with van der Waals surface area (Å²) in [5.74, 6) is -0.274. The van der Waals surface area contributed by atoms with Gasteiger partial charge in [-0.1, -0.05) is 42.5 Å². The number of rotatable bonds is 5. The number of carbonyl (C=O) groups excluding carboxylic acids is 1. The molecule has 0 saturated carbocycles. The van der Waals surface area contributed by atoms with Crippen LogP contribution in [-0.2, 0) is 4.79 Å². The summed E-state index contributed by atoms with van der Waals surface area (Å²) in [4.78, 5) is 25.4. The molecule has 0 unspecified atom stereocenters. The largest absolute Gasteiger partial charge is 0.367 e. The molecule has 0 bridgehead atoms. The van der Waals surface area contributed by atoms with E-state index in [4.69, 9.17) is 4.99 Å². The second-order valence-corrected chi connectivity index (χ2v) is 8.93. The van der Waals surface area contributed by atoms with Crippen LogP contribution in [0.25, 0.3) is 0 Å². The van der Waals surface area contributed by atoms with Crippen molar-refractivity contribution in [3.63, 3.8) is 0 Å². The highest BCUT2D eigenvalue weighted by atomic mass is 32.2. The van der Waals surface area contributed by atoms with E-state index >= 15 is 0 Å². The first-order valence-corrected chi connectivity index (χ1v) is 12.2. The second kappa shape index (κ2) is 9.37. The Bertz CT molecular complexity index is 1210. The lowest BCUT2D eigenvalue weighted by Crippen LogP contribution is -2.51. The minimum Gasteiger partial charge on any atom is -0.367 e. The number of hydrogen-bond acceptors (Lipinski definition) is 5. The number of nitrogens with zero attached hydrogens (tertiary/aromatic N) is 4. The number of benzene rings is 3. The van der Waals surface area contributed by atoms with Crippen molar-refractivity contribution >= 4 is 40.4 Å². The van der Waals surface area contributed by atoms with Crippen molar-refractivity contribution in [3.8, 4) is 0 Å². The quantitative estimate of drug-likeness (QED) is 0.513. The number of halogens is 1. The molecule has 2 aliphatic heterocycles. The van der Waals surface area contributed by atoms with Gasteiger partial charge in [0.2, 0.25) is 0 Å². The summed E-state index contributed by atoms with van der Waals surface area (Å²) in [5, 5.41) is 0. The first-order valence-electron chi connectivity index (χ1n) is 11.0. The van der Waals surface area contributed by atoms with Crippen LogP contribution in [0.1, 0.15) is 5.56 Å². The Balaban J connectivity index is 1.35. The van der Waals surface area contributed by atoms with E-state index < -0.39 is 0 Å². The van der Waals surface area contributed by atoms with Gasteiger partial charge in [0.25, 0.3) is 5.91 Å². The van der Waals surface area contributed by atoms with Crippen molar-refractivity contribution in [2.75, 3.05) is 48.9 Å². The van der Waals surface area contributed by atoms with Crippen LogP contribution in [0.15, 0.2) is 82.7 Å². The summed E-state index contributed by atoms with van der Waals surface area (Å²) in [6, 6.07) is 22.6. The van der Waals surface area contributed by atoms with E-state index in [0.717, 1.165) is 34.9 Å². The van der Waals surface area contributed by atoms with Crippen molar-refractivity contribution in [3.05, 3.63) is 84.2 Å². The molecule has 0 radical (unpaired) electrons. The molecule has 7 heteroatoms. The molecule has 1 fully saturated rings. The Morgan fingerprint density at radius 2 is 1.55 bits per heavy atom. The van der Waals surface area contributed by atoms with E-state index in [9.17, 15) is 9.18 Å². The normalized spacial score (nSPS) is 17.6.